The van der Waals surface area contributed by atoms with Crippen LogP contribution in [0.1, 0.15) is 43.0 Å². The van der Waals surface area contributed by atoms with E-state index < -0.39 is 0 Å². The molecular weight excluding hydrogens is 260 g/mol. The minimum absolute atomic E-state index is 0.124. The van der Waals surface area contributed by atoms with E-state index in [9.17, 15) is 0 Å². The number of nitrogens with zero attached hydrogens (tertiary/aromatic N) is 1. The second-order valence-electron chi connectivity index (χ2n) is 5.96. The molecule has 1 heterocycles. The Morgan fingerprint density at radius 2 is 2.14 bits per heavy atom. The summed E-state index contributed by atoms with van der Waals surface area (Å²) in [6.45, 7) is 6.19. The Bertz CT molecular complexity index is 637. The highest BCUT2D eigenvalue weighted by molar-refractivity contribution is 5.55. The van der Waals surface area contributed by atoms with Gasteiger partial charge in [0.05, 0.1) is 17.8 Å². The van der Waals surface area contributed by atoms with Gasteiger partial charge >= 0.3 is 0 Å². The van der Waals surface area contributed by atoms with Crippen LogP contribution in [0.2, 0.25) is 0 Å². The zero-order chi connectivity index (χ0) is 14.8. The van der Waals surface area contributed by atoms with Crippen molar-refractivity contribution >= 4 is 5.69 Å². The van der Waals surface area contributed by atoms with Crippen molar-refractivity contribution in [2.75, 3.05) is 5.32 Å². The Balaban J connectivity index is 1.85. The first kappa shape index (κ1) is 13.9. The molecule has 1 unspecified atom stereocenters. The van der Waals surface area contributed by atoms with Gasteiger partial charge in [-0.25, -0.2) is 4.98 Å². The predicted octanol–water partition coefficient (Wildman–Crippen LogP) is 4.28. The van der Waals surface area contributed by atoms with Crippen LogP contribution in [0.4, 0.5) is 5.69 Å². The highest BCUT2D eigenvalue weighted by atomic mass is 16.5. The molecule has 3 rings (SSSR count). The Hall–Kier alpha value is -2.03. The normalized spacial score (nSPS) is 16.9. The largest absolute Gasteiger partial charge is 0.473 e. The van der Waals surface area contributed by atoms with E-state index in [2.05, 4.69) is 35.4 Å². The molecule has 0 fully saturated rings. The van der Waals surface area contributed by atoms with Crippen LogP contribution < -0.4 is 10.1 Å². The molecule has 0 amide bonds. The van der Waals surface area contributed by atoms with E-state index >= 15 is 0 Å². The van der Waals surface area contributed by atoms with Gasteiger partial charge in [-0.05, 0) is 56.9 Å². The molecule has 1 aliphatic rings. The molecule has 1 aliphatic carbocycles. The van der Waals surface area contributed by atoms with Gasteiger partial charge in [0.2, 0.25) is 5.88 Å². The molecular formula is C18H22N2O. The lowest BCUT2D eigenvalue weighted by Crippen LogP contribution is -2.12. The van der Waals surface area contributed by atoms with E-state index in [1.807, 2.05) is 26.0 Å². The molecule has 0 bridgehead atoms. The molecule has 3 heteroatoms. The molecule has 0 saturated heterocycles. The lowest BCUT2D eigenvalue weighted by atomic mass is 10.0. The Morgan fingerprint density at radius 1 is 1.29 bits per heavy atom. The third-order valence-corrected chi connectivity index (χ3v) is 3.83. The van der Waals surface area contributed by atoms with Gasteiger partial charge in [0, 0.05) is 6.20 Å². The number of aryl methyl sites for hydroxylation is 2. The molecule has 0 spiro atoms. The second-order valence-corrected chi connectivity index (χ2v) is 5.96. The summed E-state index contributed by atoms with van der Waals surface area (Å²) in [7, 11) is 0. The molecule has 2 aromatic rings. The minimum atomic E-state index is 0.124. The first-order valence-electron chi connectivity index (χ1n) is 7.61. The highest BCUT2D eigenvalue weighted by Crippen LogP contribution is 2.36. The fraction of sp³-hybridized carbons (Fsp3) is 0.389. The smallest absolute Gasteiger partial charge is 0.237 e. The third kappa shape index (κ3) is 3.02. The summed E-state index contributed by atoms with van der Waals surface area (Å²) in [6.07, 6.45) is 4.15. The molecule has 0 aliphatic heterocycles. The third-order valence-electron chi connectivity index (χ3n) is 3.83. The van der Waals surface area contributed by atoms with Crippen molar-refractivity contribution in [3.05, 3.63) is 53.2 Å². The van der Waals surface area contributed by atoms with E-state index in [1.165, 1.54) is 16.7 Å². The number of anilines is 1. The van der Waals surface area contributed by atoms with Crippen LogP contribution in [0.3, 0.4) is 0 Å². The van der Waals surface area contributed by atoms with Crippen molar-refractivity contribution in [2.45, 2.75) is 45.8 Å². The Morgan fingerprint density at radius 3 is 2.95 bits per heavy atom. The summed E-state index contributed by atoms with van der Waals surface area (Å²) in [5.41, 5.74) is 5.15. The first-order chi connectivity index (χ1) is 10.1. The van der Waals surface area contributed by atoms with Crippen molar-refractivity contribution in [2.24, 2.45) is 0 Å². The number of aromatic nitrogens is 1. The van der Waals surface area contributed by atoms with Crippen molar-refractivity contribution in [1.82, 2.24) is 4.98 Å². The average Bonchev–Trinajstić information content (AvgIpc) is 2.83. The topological polar surface area (TPSA) is 34.2 Å². The SMILES string of the molecule is Cc1ccc2c(c1)C(Nc1cccnc1OC(C)C)CC2. The van der Waals surface area contributed by atoms with Gasteiger partial charge < -0.3 is 10.1 Å². The summed E-state index contributed by atoms with van der Waals surface area (Å²) < 4.78 is 5.79. The summed E-state index contributed by atoms with van der Waals surface area (Å²) in [6, 6.07) is 11.1. The molecule has 1 N–H and O–H groups in total. The number of hydrogen-bond donors (Lipinski definition) is 1. The number of hydrogen-bond acceptors (Lipinski definition) is 3. The fourth-order valence-electron chi connectivity index (χ4n) is 2.88. The number of benzene rings is 1. The minimum Gasteiger partial charge on any atom is -0.473 e. The van der Waals surface area contributed by atoms with Crippen LogP contribution in [-0.4, -0.2) is 11.1 Å². The van der Waals surface area contributed by atoms with Crippen LogP contribution >= 0.6 is 0 Å². The molecule has 1 atom stereocenters. The average molecular weight is 282 g/mol. The quantitative estimate of drug-likeness (QED) is 0.909. The second kappa shape index (κ2) is 5.76. The van der Waals surface area contributed by atoms with Gasteiger partial charge in [0.25, 0.3) is 0 Å². The monoisotopic (exact) mass is 282 g/mol. The summed E-state index contributed by atoms with van der Waals surface area (Å²) in [4.78, 5) is 4.35. The maximum absolute atomic E-state index is 5.79. The molecule has 1 aromatic heterocycles. The standard InChI is InChI=1S/C18H22N2O/c1-12(2)21-18-17(5-4-10-19-18)20-16-9-8-14-7-6-13(3)11-15(14)16/h4-7,10-12,16,20H,8-9H2,1-3H3. The highest BCUT2D eigenvalue weighted by Gasteiger charge is 2.23. The van der Waals surface area contributed by atoms with Crippen LogP contribution in [0.25, 0.3) is 0 Å². The van der Waals surface area contributed by atoms with Crippen molar-refractivity contribution in [1.29, 1.82) is 0 Å². The molecule has 1 aromatic carbocycles. The van der Waals surface area contributed by atoms with Crippen LogP contribution in [0.15, 0.2) is 36.5 Å². The van der Waals surface area contributed by atoms with E-state index in [0.29, 0.717) is 11.9 Å². The number of rotatable bonds is 4. The molecule has 110 valence electrons. The number of pyridine rings is 1. The van der Waals surface area contributed by atoms with Crippen LogP contribution in [-0.2, 0) is 6.42 Å². The van der Waals surface area contributed by atoms with Crippen LogP contribution in [0, 0.1) is 6.92 Å². The molecule has 3 nitrogen and oxygen atoms in total. The van der Waals surface area contributed by atoms with Crippen molar-refractivity contribution in [3.63, 3.8) is 0 Å². The zero-order valence-electron chi connectivity index (χ0n) is 12.9. The molecule has 21 heavy (non-hydrogen) atoms. The van der Waals surface area contributed by atoms with E-state index in [0.717, 1.165) is 18.5 Å². The van der Waals surface area contributed by atoms with Crippen LogP contribution in [0.5, 0.6) is 5.88 Å². The van der Waals surface area contributed by atoms with Gasteiger partial charge in [-0.15, -0.1) is 0 Å². The van der Waals surface area contributed by atoms with Gasteiger partial charge in [-0.3, -0.25) is 0 Å². The predicted molar refractivity (Wildman–Crippen MR) is 85.9 cm³/mol. The maximum atomic E-state index is 5.79. The van der Waals surface area contributed by atoms with Gasteiger partial charge in [0.15, 0.2) is 0 Å². The number of fused-ring (bicyclic) bond motifs is 1. The summed E-state index contributed by atoms with van der Waals surface area (Å²) >= 11 is 0. The Kier molecular flexibility index (Phi) is 3.82. The van der Waals surface area contributed by atoms with E-state index in [4.69, 9.17) is 4.74 Å². The van der Waals surface area contributed by atoms with Gasteiger partial charge in [-0.2, -0.15) is 0 Å². The van der Waals surface area contributed by atoms with Gasteiger partial charge in [-0.1, -0.05) is 23.8 Å². The first-order valence-corrected chi connectivity index (χ1v) is 7.61. The number of nitrogens with one attached hydrogen (secondary N) is 1. The lowest BCUT2D eigenvalue weighted by Gasteiger charge is -2.19. The molecule has 0 saturated carbocycles. The summed E-state index contributed by atoms with van der Waals surface area (Å²) in [5, 5.41) is 3.61. The summed E-state index contributed by atoms with van der Waals surface area (Å²) in [5.74, 6) is 0.689. The Labute approximate surface area is 126 Å². The number of ether oxygens (including phenoxy) is 1. The fourth-order valence-corrected chi connectivity index (χ4v) is 2.88. The van der Waals surface area contributed by atoms with Gasteiger partial charge in [0.1, 0.15) is 0 Å². The zero-order valence-corrected chi connectivity index (χ0v) is 12.9. The molecule has 0 radical (unpaired) electrons. The van der Waals surface area contributed by atoms with E-state index in [1.54, 1.807) is 6.20 Å². The lowest BCUT2D eigenvalue weighted by molar-refractivity contribution is 0.234. The van der Waals surface area contributed by atoms with Crippen molar-refractivity contribution in [3.8, 4) is 5.88 Å². The maximum Gasteiger partial charge on any atom is 0.237 e. The van der Waals surface area contributed by atoms with E-state index in [-0.39, 0.29) is 6.10 Å². The van der Waals surface area contributed by atoms with Crippen molar-refractivity contribution < 1.29 is 4.74 Å².